The van der Waals surface area contributed by atoms with Crippen molar-refractivity contribution in [3.63, 3.8) is 0 Å². The van der Waals surface area contributed by atoms with E-state index < -0.39 is 17.0 Å². The van der Waals surface area contributed by atoms with Crippen LogP contribution in [0.2, 0.25) is 0 Å². The van der Waals surface area contributed by atoms with Crippen LogP contribution in [0, 0.1) is 10.1 Å². The van der Waals surface area contributed by atoms with E-state index in [1.165, 1.54) is 23.2 Å². The monoisotopic (exact) mass is 304 g/mol. The van der Waals surface area contributed by atoms with Crippen molar-refractivity contribution < 1.29 is 22.9 Å². The van der Waals surface area contributed by atoms with E-state index in [0.717, 1.165) is 0 Å². The zero-order chi connectivity index (χ0) is 15.6. The molecule has 0 saturated carbocycles. The molecule has 0 bridgehead atoms. The quantitative estimate of drug-likeness (QED) is 0.606. The Morgan fingerprint density at radius 2 is 1.90 bits per heavy atom. The minimum Gasteiger partial charge on any atom is -0.347 e. The number of aromatic nitrogens is 1. The van der Waals surface area contributed by atoms with Crippen LogP contribution in [0.1, 0.15) is 0 Å². The van der Waals surface area contributed by atoms with Crippen LogP contribution in [0.15, 0.2) is 18.3 Å². The molecule has 0 aromatic carbocycles. The summed E-state index contributed by atoms with van der Waals surface area (Å²) in [5.74, 6) is -1.79. The number of pyridine rings is 1. The first-order chi connectivity index (χ1) is 9.80. The third-order valence-corrected chi connectivity index (χ3v) is 3.07. The maximum Gasteiger partial charge on any atom is 0.471 e. The summed E-state index contributed by atoms with van der Waals surface area (Å²) in [7, 11) is 0. The Hall–Kier alpha value is -2.39. The van der Waals surface area contributed by atoms with E-state index in [1.807, 2.05) is 0 Å². The maximum absolute atomic E-state index is 12.3. The van der Waals surface area contributed by atoms with Gasteiger partial charge >= 0.3 is 17.8 Å². The highest BCUT2D eigenvalue weighted by molar-refractivity contribution is 5.82. The van der Waals surface area contributed by atoms with Gasteiger partial charge in [-0.2, -0.15) is 13.2 Å². The van der Waals surface area contributed by atoms with Crippen LogP contribution < -0.4 is 4.90 Å². The van der Waals surface area contributed by atoms with Crippen molar-refractivity contribution in [2.45, 2.75) is 6.18 Å². The van der Waals surface area contributed by atoms with Crippen molar-refractivity contribution in [2.75, 3.05) is 31.1 Å². The predicted octanol–water partition coefficient (Wildman–Crippen LogP) is 1.20. The van der Waals surface area contributed by atoms with Crippen LogP contribution in [0.5, 0.6) is 0 Å². The fraction of sp³-hybridized carbons (Fsp3) is 0.455. The highest BCUT2D eigenvalue weighted by Crippen LogP contribution is 2.26. The van der Waals surface area contributed by atoms with Gasteiger partial charge in [-0.25, -0.2) is 4.98 Å². The van der Waals surface area contributed by atoms with Crippen molar-refractivity contribution in [3.8, 4) is 0 Å². The van der Waals surface area contributed by atoms with Gasteiger partial charge in [0.15, 0.2) is 0 Å². The Balaban J connectivity index is 2.09. The van der Waals surface area contributed by atoms with Gasteiger partial charge in [0.25, 0.3) is 0 Å². The molecule has 1 aliphatic heterocycles. The van der Waals surface area contributed by atoms with Gasteiger partial charge in [-0.05, 0) is 6.07 Å². The van der Waals surface area contributed by atoms with Crippen molar-refractivity contribution in [2.24, 2.45) is 0 Å². The Labute approximate surface area is 117 Å². The summed E-state index contributed by atoms with van der Waals surface area (Å²) in [4.78, 5) is 27.5. The molecular formula is C11H11F3N4O3. The van der Waals surface area contributed by atoms with E-state index in [0.29, 0.717) is 4.90 Å². The highest BCUT2D eigenvalue weighted by Gasteiger charge is 2.43. The summed E-state index contributed by atoms with van der Waals surface area (Å²) in [6.07, 6.45) is -3.53. The first-order valence-electron chi connectivity index (χ1n) is 6.01. The summed E-state index contributed by atoms with van der Waals surface area (Å²) in [6.45, 7) is -0.211. The minimum atomic E-state index is -4.90. The Morgan fingerprint density at radius 1 is 1.29 bits per heavy atom. The Bertz CT molecular complexity index is 556. The molecule has 0 unspecified atom stereocenters. The number of rotatable bonds is 2. The van der Waals surface area contributed by atoms with E-state index in [2.05, 4.69) is 4.98 Å². The predicted molar refractivity (Wildman–Crippen MR) is 65.7 cm³/mol. The lowest BCUT2D eigenvalue weighted by Crippen LogP contribution is -2.52. The molecule has 21 heavy (non-hydrogen) atoms. The lowest BCUT2D eigenvalue weighted by atomic mass is 10.2. The zero-order valence-electron chi connectivity index (χ0n) is 10.7. The number of alkyl halides is 3. The normalized spacial score (nSPS) is 16.0. The molecule has 10 heteroatoms. The molecule has 7 nitrogen and oxygen atoms in total. The van der Waals surface area contributed by atoms with E-state index in [-0.39, 0.29) is 37.7 Å². The smallest absolute Gasteiger partial charge is 0.347 e. The van der Waals surface area contributed by atoms with E-state index in [1.54, 1.807) is 0 Å². The fourth-order valence-electron chi connectivity index (χ4n) is 2.08. The summed E-state index contributed by atoms with van der Waals surface area (Å²) < 4.78 is 37.0. The van der Waals surface area contributed by atoms with Gasteiger partial charge in [-0.1, -0.05) is 0 Å². The molecular weight excluding hydrogens is 293 g/mol. The molecule has 0 N–H and O–H groups in total. The molecule has 2 heterocycles. The average molecular weight is 304 g/mol. The average Bonchev–Trinajstić information content (AvgIpc) is 2.45. The second kappa shape index (κ2) is 5.54. The first kappa shape index (κ1) is 15.0. The number of carbonyl (C=O) groups is 1. The van der Waals surface area contributed by atoms with Gasteiger partial charge in [-0.15, -0.1) is 0 Å². The van der Waals surface area contributed by atoms with E-state index >= 15 is 0 Å². The van der Waals surface area contributed by atoms with E-state index in [4.69, 9.17) is 0 Å². The molecule has 0 aliphatic carbocycles. The number of hydrogen-bond acceptors (Lipinski definition) is 5. The highest BCUT2D eigenvalue weighted by atomic mass is 19.4. The number of nitrogens with zero attached hydrogens (tertiary/aromatic N) is 4. The molecule has 0 spiro atoms. The molecule has 0 atom stereocenters. The number of halogens is 3. The van der Waals surface area contributed by atoms with Crippen LogP contribution in [0.3, 0.4) is 0 Å². The lowest BCUT2D eigenvalue weighted by Gasteiger charge is -2.35. The van der Waals surface area contributed by atoms with Crippen LogP contribution in [-0.2, 0) is 4.79 Å². The van der Waals surface area contributed by atoms with Crippen LogP contribution in [0.25, 0.3) is 0 Å². The second-order valence-electron chi connectivity index (χ2n) is 4.38. The lowest BCUT2D eigenvalue weighted by molar-refractivity contribution is -0.384. The number of piperazine rings is 1. The second-order valence-corrected chi connectivity index (χ2v) is 4.38. The number of hydrogen-bond donors (Lipinski definition) is 0. The van der Waals surface area contributed by atoms with Gasteiger partial charge in [-0.3, -0.25) is 14.9 Å². The Kier molecular flexibility index (Phi) is 3.96. The first-order valence-corrected chi connectivity index (χ1v) is 6.01. The van der Waals surface area contributed by atoms with Crippen molar-refractivity contribution >= 4 is 17.4 Å². The summed E-state index contributed by atoms with van der Waals surface area (Å²) in [5, 5.41) is 10.9. The topological polar surface area (TPSA) is 79.6 Å². The van der Waals surface area contributed by atoms with Crippen molar-refractivity contribution in [3.05, 3.63) is 28.4 Å². The van der Waals surface area contributed by atoms with Crippen LogP contribution in [-0.4, -0.2) is 53.1 Å². The summed E-state index contributed by atoms with van der Waals surface area (Å²) in [6, 6.07) is 2.68. The van der Waals surface area contributed by atoms with Gasteiger partial charge < -0.3 is 9.80 Å². The van der Waals surface area contributed by atoms with Crippen molar-refractivity contribution in [1.82, 2.24) is 9.88 Å². The van der Waals surface area contributed by atoms with Crippen LogP contribution in [0.4, 0.5) is 24.7 Å². The number of carbonyl (C=O) groups excluding carboxylic acids is 1. The van der Waals surface area contributed by atoms with Gasteiger partial charge in [0.2, 0.25) is 5.82 Å². The van der Waals surface area contributed by atoms with Crippen molar-refractivity contribution in [1.29, 1.82) is 0 Å². The molecule has 0 radical (unpaired) electrons. The number of nitro groups is 1. The maximum atomic E-state index is 12.3. The zero-order valence-corrected chi connectivity index (χ0v) is 10.7. The summed E-state index contributed by atoms with van der Waals surface area (Å²) >= 11 is 0. The van der Waals surface area contributed by atoms with Gasteiger partial charge in [0.1, 0.15) is 0 Å². The van der Waals surface area contributed by atoms with Crippen LogP contribution >= 0.6 is 0 Å². The third-order valence-electron chi connectivity index (χ3n) is 3.07. The molecule has 1 fully saturated rings. The molecule has 1 aromatic heterocycles. The third kappa shape index (κ3) is 3.20. The minimum absolute atomic E-state index is 0.0552. The van der Waals surface area contributed by atoms with Gasteiger partial charge in [0, 0.05) is 38.4 Å². The molecule has 1 aromatic rings. The molecule has 1 aliphatic rings. The number of amides is 1. The molecule has 2 rings (SSSR count). The van der Waals surface area contributed by atoms with E-state index in [9.17, 15) is 28.1 Å². The molecule has 114 valence electrons. The standard InChI is InChI=1S/C11H11F3N4O3/c12-11(13,14)10(19)17-6-4-16(5-7-17)9-8(18(20)21)2-1-3-15-9/h1-3H,4-7H2. The number of anilines is 1. The largest absolute Gasteiger partial charge is 0.471 e. The SMILES string of the molecule is O=C(N1CCN(c2ncccc2[N+](=O)[O-])CC1)C(F)(F)F. The Morgan fingerprint density at radius 3 is 2.43 bits per heavy atom. The summed E-state index contributed by atoms with van der Waals surface area (Å²) in [5.41, 5.74) is -0.215. The van der Waals surface area contributed by atoms with Gasteiger partial charge in [0.05, 0.1) is 4.92 Å². The molecule has 1 amide bonds. The fourth-order valence-corrected chi connectivity index (χ4v) is 2.08. The molecule has 1 saturated heterocycles.